The van der Waals surface area contributed by atoms with E-state index in [4.69, 9.17) is 0 Å². The molecule has 0 spiro atoms. The first kappa shape index (κ1) is 12.0. The standard InChI is InChI=1S/C13H15IN4/c14-17-12-9-16-11-4-2-1-3-10(11)13(12)18-7-5-15-6-8-18/h1-4,9,15,17H,5-8H2. The molecule has 3 rings (SSSR count). The van der Waals surface area contributed by atoms with Gasteiger partial charge in [-0.15, -0.1) is 0 Å². The zero-order valence-corrected chi connectivity index (χ0v) is 12.1. The fourth-order valence-corrected chi connectivity index (χ4v) is 2.82. The number of piperazine rings is 1. The minimum atomic E-state index is 1.04. The third kappa shape index (κ3) is 2.12. The average molecular weight is 354 g/mol. The van der Waals surface area contributed by atoms with Gasteiger partial charge < -0.3 is 13.7 Å². The van der Waals surface area contributed by atoms with Crippen LogP contribution in [0.15, 0.2) is 30.5 Å². The van der Waals surface area contributed by atoms with Crippen molar-refractivity contribution in [2.24, 2.45) is 0 Å². The van der Waals surface area contributed by atoms with Crippen molar-refractivity contribution >= 4 is 45.1 Å². The zero-order valence-electron chi connectivity index (χ0n) is 9.99. The van der Waals surface area contributed by atoms with Crippen LogP contribution in [0.1, 0.15) is 0 Å². The summed E-state index contributed by atoms with van der Waals surface area (Å²) < 4.78 is 3.23. The molecule has 4 nitrogen and oxygen atoms in total. The molecule has 0 aliphatic carbocycles. The lowest BCUT2D eigenvalue weighted by molar-refractivity contribution is 0.591. The van der Waals surface area contributed by atoms with E-state index in [0.717, 1.165) is 37.4 Å². The number of aromatic nitrogens is 1. The Labute approximate surface area is 120 Å². The van der Waals surface area contributed by atoms with Crippen LogP contribution in [0.5, 0.6) is 0 Å². The zero-order chi connectivity index (χ0) is 12.4. The van der Waals surface area contributed by atoms with E-state index in [9.17, 15) is 0 Å². The summed E-state index contributed by atoms with van der Waals surface area (Å²) in [5.74, 6) is 0. The van der Waals surface area contributed by atoms with Gasteiger partial charge in [0.1, 0.15) is 0 Å². The summed E-state index contributed by atoms with van der Waals surface area (Å²) in [6.07, 6.45) is 1.92. The van der Waals surface area contributed by atoms with Crippen LogP contribution in [0.4, 0.5) is 11.4 Å². The molecule has 0 saturated carbocycles. The molecule has 0 unspecified atom stereocenters. The Bertz CT molecular complexity index is 552. The molecule has 0 amide bonds. The number of nitrogens with zero attached hydrogens (tertiary/aromatic N) is 2. The van der Waals surface area contributed by atoms with Crippen LogP contribution in [-0.4, -0.2) is 31.2 Å². The molecule has 1 fully saturated rings. The summed E-state index contributed by atoms with van der Waals surface area (Å²) in [5.41, 5.74) is 3.43. The van der Waals surface area contributed by atoms with E-state index >= 15 is 0 Å². The Hall–Kier alpha value is -1.08. The molecule has 94 valence electrons. The van der Waals surface area contributed by atoms with Crippen molar-refractivity contribution < 1.29 is 0 Å². The van der Waals surface area contributed by atoms with Crippen LogP contribution in [0.2, 0.25) is 0 Å². The van der Waals surface area contributed by atoms with Gasteiger partial charge in [0.15, 0.2) is 0 Å². The van der Waals surface area contributed by atoms with Gasteiger partial charge in [-0.25, -0.2) is 0 Å². The fourth-order valence-electron chi connectivity index (χ4n) is 2.43. The predicted octanol–water partition coefficient (Wildman–Crippen LogP) is 2.41. The van der Waals surface area contributed by atoms with E-state index in [0.29, 0.717) is 0 Å². The number of halogens is 1. The van der Waals surface area contributed by atoms with Gasteiger partial charge in [0.05, 0.1) is 46.0 Å². The third-order valence-corrected chi connectivity index (χ3v) is 3.86. The van der Waals surface area contributed by atoms with Gasteiger partial charge in [-0.3, -0.25) is 4.98 Å². The second-order valence-corrected chi connectivity index (χ2v) is 4.91. The summed E-state index contributed by atoms with van der Waals surface area (Å²) in [5, 5.41) is 4.61. The van der Waals surface area contributed by atoms with Crippen molar-refractivity contribution in [2.45, 2.75) is 0 Å². The number of hydrogen-bond acceptors (Lipinski definition) is 4. The lowest BCUT2D eigenvalue weighted by Gasteiger charge is -2.31. The number of rotatable bonds is 2. The lowest BCUT2D eigenvalue weighted by atomic mass is 10.1. The number of anilines is 2. The minimum absolute atomic E-state index is 1.04. The van der Waals surface area contributed by atoms with Crippen molar-refractivity contribution in [3.8, 4) is 0 Å². The number of fused-ring (bicyclic) bond motifs is 1. The highest BCUT2D eigenvalue weighted by Crippen LogP contribution is 2.34. The number of pyridine rings is 1. The van der Waals surface area contributed by atoms with Gasteiger partial charge in [-0.1, -0.05) is 18.2 Å². The SMILES string of the molecule is INc1cnc2ccccc2c1N1CCNCC1. The Balaban J connectivity index is 2.16. The van der Waals surface area contributed by atoms with E-state index in [2.05, 4.69) is 59.8 Å². The first-order valence-corrected chi connectivity index (χ1v) is 7.18. The topological polar surface area (TPSA) is 40.2 Å². The Morgan fingerprint density at radius 3 is 2.78 bits per heavy atom. The maximum absolute atomic E-state index is 4.50. The quantitative estimate of drug-likeness (QED) is 0.642. The second kappa shape index (κ2) is 5.27. The summed E-state index contributed by atoms with van der Waals surface area (Å²) >= 11 is 2.18. The molecule has 1 aliphatic heterocycles. The Kier molecular flexibility index (Phi) is 3.51. The van der Waals surface area contributed by atoms with Crippen LogP contribution >= 0.6 is 22.9 Å². The molecule has 0 bridgehead atoms. The van der Waals surface area contributed by atoms with E-state index in [1.54, 1.807) is 0 Å². The lowest BCUT2D eigenvalue weighted by Crippen LogP contribution is -2.43. The highest BCUT2D eigenvalue weighted by molar-refractivity contribution is 14.1. The molecule has 1 aliphatic rings. The fraction of sp³-hybridized carbons (Fsp3) is 0.308. The highest BCUT2D eigenvalue weighted by Gasteiger charge is 2.17. The molecule has 2 heterocycles. The van der Waals surface area contributed by atoms with E-state index in [-0.39, 0.29) is 0 Å². The summed E-state index contributed by atoms with van der Waals surface area (Å²) in [6, 6.07) is 8.33. The van der Waals surface area contributed by atoms with Crippen LogP contribution in [0.25, 0.3) is 10.9 Å². The monoisotopic (exact) mass is 354 g/mol. The first-order valence-electron chi connectivity index (χ1n) is 6.10. The average Bonchev–Trinajstić information content (AvgIpc) is 2.47. The van der Waals surface area contributed by atoms with Crippen molar-refractivity contribution in [1.82, 2.24) is 10.3 Å². The van der Waals surface area contributed by atoms with Crippen molar-refractivity contribution in [3.63, 3.8) is 0 Å². The molecule has 0 radical (unpaired) electrons. The molecular weight excluding hydrogens is 339 g/mol. The van der Waals surface area contributed by atoms with Crippen molar-refractivity contribution in [1.29, 1.82) is 0 Å². The number of nitrogens with one attached hydrogen (secondary N) is 2. The smallest absolute Gasteiger partial charge is 0.0857 e. The molecule has 18 heavy (non-hydrogen) atoms. The number of para-hydroxylation sites is 1. The largest absolute Gasteiger partial charge is 0.367 e. The predicted molar refractivity (Wildman–Crippen MR) is 84.5 cm³/mol. The minimum Gasteiger partial charge on any atom is -0.367 e. The molecule has 5 heteroatoms. The van der Waals surface area contributed by atoms with E-state index in [1.807, 2.05) is 12.3 Å². The summed E-state index contributed by atoms with van der Waals surface area (Å²) in [6.45, 7) is 4.16. The normalized spacial score (nSPS) is 15.9. The van der Waals surface area contributed by atoms with Crippen LogP contribution in [0.3, 0.4) is 0 Å². The number of benzene rings is 1. The Morgan fingerprint density at radius 2 is 2.00 bits per heavy atom. The molecule has 1 aromatic carbocycles. The van der Waals surface area contributed by atoms with Crippen LogP contribution < -0.4 is 13.7 Å². The van der Waals surface area contributed by atoms with Crippen LogP contribution in [-0.2, 0) is 0 Å². The molecule has 1 saturated heterocycles. The molecule has 2 N–H and O–H groups in total. The van der Waals surface area contributed by atoms with Gasteiger partial charge >= 0.3 is 0 Å². The first-order chi connectivity index (χ1) is 8.90. The highest BCUT2D eigenvalue weighted by atomic mass is 127. The third-order valence-electron chi connectivity index (χ3n) is 3.28. The second-order valence-electron chi connectivity index (χ2n) is 4.37. The van der Waals surface area contributed by atoms with E-state index in [1.165, 1.54) is 11.1 Å². The van der Waals surface area contributed by atoms with Gasteiger partial charge in [0.2, 0.25) is 0 Å². The van der Waals surface area contributed by atoms with Gasteiger partial charge in [-0.2, -0.15) is 0 Å². The molecule has 2 aromatic rings. The maximum atomic E-state index is 4.50. The van der Waals surface area contributed by atoms with Gasteiger partial charge in [-0.05, 0) is 6.07 Å². The van der Waals surface area contributed by atoms with Crippen molar-refractivity contribution in [2.75, 3.05) is 34.6 Å². The van der Waals surface area contributed by atoms with Crippen molar-refractivity contribution in [3.05, 3.63) is 30.5 Å². The van der Waals surface area contributed by atoms with Crippen LogP contribution in [0, 0.1) is 0 Å². The van der Waals surface area contributed by atoms with E-state index < -0.39 is 0 Å². The van der Waals surface area contributed by atoms with Gasteiger partial charge in [0.25, 0.3) is 0 Å². The molecular formula is C13H15IN4. The molecule has 1 aromatic heterocycles. The summed E-state index contributed by atoms with van der Waals surface area (Å²) in [4.78, 5) is 6.93. The molecule has 0 atom stereocenters. The van der Waals surface area contributed by atoms with Gasteiger partial charge in [0, 0.05) is 31.6 Å². The maximum Gasteiger partial charge on any atom is 0.0857 e. The summed E-state index contributed by atoms with van der Waals surface area (Å²) in [7, 11) is 0. The number of hydrogen-bond donors (Lipinski definition) is 2. The Morgan fingerprint density at radius 1 is 1.22 bits per heavy atom.